The van der Waals surface area contributed by atoms with Gasteiger partial charge in [0, 0.05) is 4.88 Å². The van der Waals surface area contributed by atoms with E-state index in [1.807, 2.05) is 23.6 Å². The van der Waals surface area contributed by atoms with Gasteiger partial charge < -0.3 is 16.8 Å². The van der Waals surface area contributed by atoms with Crippen molar-refractivity contribution in [1.82, 2.24) is 5.32 Å². The molecule has 2 rings (SSSR count). The topological polar surface area (TPSA) is 105 Å². The molecular weight excluding hydrogens is 268 g/mol. The van der Waals surface area contributed by atoms with E-state index >= 15 is 0 Å². The number of allylic oxidation sites excluding steroid dienone is 1. The molecule has 0 saturated heterocycles. The number of nitrogens with two attached hydrogens (primary N) is 2. The maximum atomic E-state index is 11.6. The molecule has 0 aliphatic carbocycles. The van der Waals surface area contributed by atoms with Crippen LogP contribution in [0.25, 0.3) is 0 Å². The highest BCUT2D eigenvalue weighted by Crippen LogP contribution is 2.38. The van der Waals surface area contributed by atoms with Gasteiger partial charge in [0.15, 0.2) is 0 Å². The first-order chi connectivity index (χ1) is 8.56. The van der Waals surface area contributed by atoms with E-state index in [2.05, 4.69) is 5.32 Å². The second-order valence-electron chi connectivity index (χ2n) is 3.80. The van der Waals surface area contributed by atoms with Gasteiger partial charge in [0.2, 0.25) is 5.91 Å². The number of thiocarbonyl (C=S) groups is 1. The number of amides is 1. The monoisotopic (exact) mass is 278 g/mol. The molecule has 0 bridgehead atoms. The van der Waals surface area contributed by atoms with Crippen LogP contribution < -0.4 is 16.8 Å². The van der Waals surface area contributed by atoms with Gasteiger partial charge in [-0.1, -0.05) is 18.3 Å². The summed E-state index contributed by atoms with van der Waals surface area (Å²) in [6.07, 6.45) is 0. The zero-order chi connectivity index (χ0) is 13.3. The second kappa shape index (κ2) is 4.76. The molecule has 0 fully saturated rings. The number of thiophene rings is 1. The summed E-state index contributed by atoms with van der Waals surface area (Å²) in [5, 5.41) is 13.7. The summed E-state index contributed by atoms with van der Waals surface area (Å²) in [5.74, 6) is -1.59. The molecule has 1 aliphatic heterocycles. The Kier molecular flexibility index (Phi) is 3.32. The molecule has 2 atom stereocenters. The molecule has 92 valence electrons. The zero-order valence-corrected chi connectivity index (χ0v) is 10.8. The molecule has 0 radical (unpaired) electrons. The van der Waals surface area contributed by atoms with E-state index < -0.39 is 17.7 Å². The average Bonchev–Trinajstić information content (AvgIpc) is 2.80. The third kappa shape index (κ3) is 1.96. The Morgan fingerprint density at radius 1 is 1.61 bits per heavy atom. The van der Waals surface area contributed by atoms with Gasteiger partial charge in [-0.25, -0.2) is 0 Å². The van der Waals surface area contributed by atoms with Crippen LogP contribution in [0.5, 0.6) is 0 Å². The number of hydrogen-bond acceptors (Lipinski definition) is 5. The fourth-order valence-corrected chi connectivity index (χ4v) is 3.20. The Bertz CT molecular complexity index is 570. The van der Waals surface area contributed by atoms with Crippen LogP contribution >= 0.6 is 23.6 Å². The fourth-order valence-electron chi connectivity index (χ4n) is 1.96. The fraction of sp³-hybridized carbons (Fsp3) is 0.182. The first-order valence-electron chi connectivity index (χ1n) is 5.09. The van der Waals surface area contributed by atoms with Crippen molar-refractivity contribution in [2.75, 3.05) is 0 Å². The van der Waals surface area contributed by atoms with Crippen LogP contribution in [0.2, 0.25) is 0 Å². The lowest BCUT2D eigenvalue weighted by Gasteiger charge is -2.30. The van der Waals surface area contributed by atoms with Crippen molar-refractivity contribution in [2.45, 2.75) is 5.92 Å². The summed E-state index contributed by atoms with van der Waals surface area (Å²) >= 11 is 6.54. The molecule has 5 N–H and O–H groups in total. The molecule has 5 nitrogen and oxygen atoms in total. The van der Waals surface area contributed by atoms with Gasteiger partial charge >= 0.3 is 0 Å². The van der Waals surface area contributed by atoms with Crippen molar-refractivity contribution in [2.24, 2.45) is 17.4 Å². The van der Waals surface area contributed by atoms with E-state index in [0.717, 1.165) is 4.88 Å². The van der Waals surface area contributed by atoms with Gasteiger partial charge in [-0.3, -0.25) is 4.79 Å². The van der Waals surface area contributed by atoms with Crippen molar-refractivity contribution in [3.05, 3.63) is 33.8 Å². The van der Waals surface area contributed by atoms with Crippen LogP contribution in [-0.4, -0.2) is 10.9 Å². The third-order valence-electron chi connectivity index (χ3n) is 2.75. The maximum Gasteiger partial charge on any atom is 0.228 e. The Balaban J connectivity index is 2.59. The Hall–Kier alpha value is -1.91. The number of nitriles is 1. The van der Waals surface area contributed by atoms with Crippen molar-refractivity contribution < 1.29 is 4.79 Å². The molecule has 2 heterocycles. The highest BCUT2D eigenvalue weighted by atomic mass is 32.1. The molecule has 1 amide bonds. The van der Waals surface area contributed by atoms with Gasteiger partial charge in [0.25, 0.3) is 0 Å². The van der Waals surface area contributed by atoms with Crippen molar-refractivity contribution in [1.29, 1.82) is 5.26 Å². The smallest absolute Gasteiger partial charge is 0.228 e. The largest absolute Gasteiger partial charge is 0.384 e. The lowest BCUT2D eigenvalue weighted by Crippen LogP contribution is -2.47. The molecule has 18 heavy (non-hydrogen) atoms. The van der Waals surface area contributed by atoms with Crippen molar-refractivity contribution in [3.8, 4) is 6.07 Å². The molecule has 0 aromatic carbocycles. The second-order valence-corrected chi connectivity index (χ2v) is 5.22. The van der Waals surface area contributed by atoms with Gasteiger partial charge in [-0.15, -0.1) is 11.3 Å². The highest BCUT2D eigenvalue weighted by molar-refractivity contribution is 7.80. The Morgan fingerprint density at radius 3 is 2.83 bits per heavy atom. The Labute approximate surface area is 113 Å². The number of carbonyl (C=O) groups excluding carboxylic acids is 1. The summed E-state index contributed by atoms with van der Waals surface area (Å²) in [6, 6.07) is 5.71. The van der Waals surface area contributed by atoms with Crippen LogP contribution in [0, 0.1) is 17.2 Å². The van der Waals surface area contributed by atoms with Gasteiger partial charge in [0.05, 0.1) is 22.5 Å². The summed E-state index contributed by atoms with van der Waals surface area (Å²) in [7, 11) is 0. The predicted molar refractivity (Wildman–Crippen MR) is 72.3 cm³/mol. The molecule has 7 heteroatoms. The number of carbonyl (C=O) groups is 1. The highest BCUT2D eigenvalue weighted by Gasteiger charge is 2.40. The summed E-state index contributed by atoms with van der Waals surface area (Å²) < 4.78 is 0. The molecule has 1 aliphatic rings. The quantitative estimate of drug-likeness (QED) is 0.685. The summed E-state index contributed by atoms with van der Waals surface area (Å²) in [4.78, 5) is 12.7. The van der Waals surface area contributed by atoms with Crippen LogP contribution in [0.1, 0.15) is 10.8 Å². The summed E-state index contributed by atoms with van der Waals surface area (Å²) in [6.45, 7) is 0. The standard InChI is InChI=1S/C11H10N4OS2/c12-4-5-7(6-2-1-3-18-6)8(10(14)16)11(17)15-9(5)13/h1-3,7-8H,13H2,(H2,14,16)(H,15,17). The number of primary amides is 1. The molecule has 1 aromatic heterocycles. The van der Waals surface area contributed by atoms with E-state index in [4.69, 9.17) is 23.7 Å². The normalized spacial score (nSPS) is 23.4. The van der Waals surface area contributed by atoms with E-state index in [-0.39, 0.29) is 10.8 Å². The van der Waals surface area contributed by atoms with Crippen molar-refractivity contribution >= 4 is 34.5 Å². The van der Waals surface area contributed by atoms with Gasteiger partial charge in [-0.2, -0.15) is 5.26 Å². The molecular formula is C11H10N4OS2. The predicted octanol–water partition coefficient (Wildman–Crippen LogP) is 0.558. The number of nitrogens with zero attached hydrogens (tertiary/aromatic N) is 1. The minimum absolute atomic E-state index is 0.193. The zero-order valence-electron chi connectivity index (χ0n) is 9.21. The number of rotatable bonds is 2. The van der Waals surface area contributed by atoms with Gasteiger partial charge in [0.1, 0.15) is 11.7 Å². The van der Waals surface area contributed by atoms with E-state index in [0.29, 0.717) is 5.57 Å². The van der Waals surface area contributed by atoms with Crippen LogP contribution in [0.4, 0.5) is 0 Å². The lowest BCUT2D eigenvalue weighted by atomic mass is 9.82. The first kappa shape index (κ1) is 12.5. The van der Waals surface area contributed by atoms with Crippen molar-refractivity contribution in [3.63, 3.8) is 0 Å². The van der Waals surface area contributed by atoms with E-state index in [9.17, 15) is 10.1 Å². The molecule has 0 spiro atoms. The SMILES string of the molecule is N#CC1=C(N)NC(=S)C(C(N)=O)C1c1cccs1. The number of nitrogens with one attached hydrogen (secondary N) is 1. The van der Waals surface area contributed by atoms with Gasteiger partial charge in [-0.05, 0) is 11.4 Å². The summed E-state index contributed by atoms with van der Waals surface area (Å²) in [5.41, 5.74) is 11.4. The molecule has 2 unspecified atom stereocenters. The van der Waals surface area contributed by atoms with Crippen LogP contribution in [-0.2, 0) is 4.79 Å². The third-order valence-corrected chi connectivity index (χ3v) is 4.06. The van der Waals surface area contributed by atoms with E-state index in [1.54, 1.807) is 0 Å². The average molecular weight is 278 g/mol. The first-order valence-corrected chi connectivity index (χ1v) is 6.38. The van der Waals surface area contributed by atoms with E-state index in [1.165, 1.54) is 11.3 Å². The Morgan fingerprint density at radius 2 is 2.33 bits per heavy atom. The minimum atomic E-state index is -0.736. The van der Waals surface area contributed by atoms with Crippen LogP contribution in [0.15, 0.2) is 28.9 Å². The molecule has 0 saturated carbocycles. The molecule has 1 aromatic rings. The minimum Gasteiger partial charge on any atom is -0.384 e. The lowest BCUT2D eigenvalue weighted by molar-refractivity contribution is -0.120. The number of hydrogen-bond donors (Lipinski definition) is 3. The maximum absolute atomic E-state index is 11.6. The van der Waals surface area contributed by atoms with Crippen LogP contribution in [0.3, 0.4) is 0 Å².